The minimum Gasteiger partial charge on any atom is -0.710 e. The molecule has 2 aromatic heterocycles. The molecule has 5 nitrogen and oxygen atoms in total. The van der Waals surface area contributed by atoms with Gasteiger partial charge in [-0.05, 0) is 16.9 Å². The van der Waals surface area contributed by atoms with E-state index >= 15 is 0 Å². The summed E-state index contributed by atoms with van der Waals surface area (Å²) in [6, 6.07) is 3.26. The minimum atomic E-state index is 0.212. The monoisotopic (exact) mass is 165 g/mol. The molecule has 0 radical (unpaired) electrons. The predicted molar refractivity (Wildman–Crippen MR) is 40.6 cm³/mol. The van der Waals surface area contributed by atoms with E-state index in [0.717, 1.165) is 4.73 Å². The molecule has 0 amide bonds. The molecule has 2 heterocycles. The summed E-state index contributed by atoms with van der Waals surface area (Å²) in [5, 5.41) is 20.6. The van der Waals surface area contributed by atoms with Crippen molar-refractivity contribution in [1.29, 1.82) is 0 Å². The van der Waals surface area contributed by atoms with Gasteiger partial charge in [0.1, 0.15) is 0 Å². The first-order valence-electron chi connectivity index (χ1n) is 3.46. The topological polar surface area (TPSA) is 65.0 Å². The Morgan fingerprint density at radius 1 is 1.67 bits per heavy atom. The maximum absolute atomic E-state index is 11.2. The highest BCUT2D eigenvalue weighted by molar-refractivity contribution is 5.66. The van der Waals surface area contributed by atoms with Gasteiger partial charge in [0, 0.05) is 13.1 Å². The first kappa shape index (κ1) is 6.90. The van der Waals surface area contributed by atoms with E-state index in [9.17, 15) is 10.4 Å². The zero-order chi connectivity index (χ0) is 8.72. The molecule has 2 aromatic rings. The van der Waals surface area contributed by atoms with E-state index in [0.29, 0.717) is 10.2 Å². The van der Waals surface area contributed by atoms with Crippen LogP contribution in [-0.2, 0) is 0 Å². The summed E-state index contributed by atoms with van der Waals surface area (Å²) in [6.07, 6.45) is 1.52. The van der Waals surface area contributed by atoms with Crippen molar-refractivity contribution >= 4 is 11.2 Å². The van der Waals surface area contributed by atoms with Gasteiger partial charge in [0.25, 0.3) is 5.82 Å². The second-order valence-corrected chi connectivity index (χ2v) is 2.50. The minimum absolute atomic E-state index is 0.212. The molecule has 12 heavy (non-hydrogen) atoms. The number of rotatable bonds is 0. The third-order valence-corrected chi connectivity index (χ3v) is 1.79. The van der Waals surface area contributed by atoms with Crippen molar-refractivity contribution < 1.29 is 9.94 Å². The fraction of sp³-hybridized carbons (Fsp3) is 0.143. The Balaban J connectivity index is 2.99. The number of aromatic nitrogens is 3. The summed E-state index contributed by atoms with van der Waals surface area (Å²) in [7, 11) is 0. The van der Waals surface area contributed by atoms with Gasteiger partial charge in [-0.1, -0.05) is 0 Å². The lowest BCUT2D eigenvalue weighted by Crippen LogP contribution is -2.28. The fourth-order valence-electron chi connectivity index (χ4n) is 1.12. The van der Waals surface area contributed by atoms with Gasteiger partial charge in [0.15, 0.2) is 0 Å². The second kappa shape index (κ2) is 2.10. The van der Waals surface area contributed by atoms with Crippen molar-refractivity contribution in [3.8, 4) is 0 Å². The first-order valence-corrected chi connectivity index (χ1v) is 3.46. The van der Waals surface area contributed by atoms with E-state index < -0.39 is 0 Å². The molecule has 2 rings (SSSR count). The normalized spacial score (nSPS) is 10.8. The van der Waals surface area contributed by atoms with Crippen LogP contribution in [0.25, 0.3) is 11.2 Å². The molecule has 0 aliphatic carbocycles. The number of imidazole rings is 1. The second-order valence-electron chi connectivity index (χ2n) is 2.50. The van der Waals surface area contributed by atoms with Gasteiger partial charge in [-0.15, -0.1) is 0 Å². The predicted octanol–water partition coefficient (Wildman–Crippen LogP) is 0.215. The summed E-state index contributed by atoms with van der Waals surface area (Å²) in [5.41, 5.74) is 0.655. The summed E-state index contributed by atoms with van der Waals surface area (Å²) < 4.78 is 1.42. The number of fused-ring (bicyclic) bond motifs is 1. The Kier molecular flexibility index (Phi) is 1.21. The molecule has 5 heteroatoms. The zero-order valence-electron chi connectivity index (χ0n) is 6.43. The van der Waals surface area contributed by atoms with Crippen LogP contribution in [0.4, 0.5) is 0 Å². The number of hydrogen-bond donors (Lipinski definition) is 1. The van der Waals surface area contributed by atoms with Gasteiger partial charge in [0.2, 0.25) is 5.52 Å². The van der Waals surface area contributed by atoms with E-state index in [1.54, 1.807) is 12.1 Å². The lowest BCUT2D eigenvalue weighted by molar-refractivity contribution is -0.587. The lowest BCUT2D eigenvalue weighted by Gasteiger charge is -1.96. The maximum Gasteiger partial charge on any atom is 0.310 e. The Morgan fingerprint density at radius 2 is 2.42 bits per heavy atom. The smallest absolute Gasteiger partial charge is 0.310 e. The molecule has 0 spiro atoms. The van der Waals surface area contributed by atoms with Gasteiger partial charge < -0.3 is 10.4 Å². The molecule has 0 fully saturated rings. The van der Waals surface area contributed by atoms with Crippen LogP contribution in [-0.4, -0.2) is 14.9 Å². The molecule has 0 saturated carbocycles. The van der Waals surface area contributed by atoms with Crippen LogP contribution in [0.1, 0.15) is 5.82 Å². The van der Waals surface area contributed by atoms with E-state index in [1.165, 1.54) is 13.1 Å². The molecule has 62 valence electrons. The Labute approximate surface area is 68.0 Å². The Bertz CT molecular complexity index is 396. The summed E-state index contributed by atoms with van der Waals surface area (Å²) in [5.74, 6) is 0.212. The molecule has 1 N–H and O–H groups in total. The van der Waals surface area contributed by atoms with Crippen LogP contribution < -0.4 is 4.73 Å². The van der Waals surface area contributed by atoms with Crippen molar-refractivity contribution in [2.75, 3.05) is 0 Å². The molecule has 0 aliphatic heterocycles. The Morgan fingerprint density at radius 3 is 3.08 bits per heavy atom. The molecule has 0 aliphatic rings. The number of nitrogens with zero attached hydrogens (tertiary/aromatic N) is 3. The van der Waals surface area contributed by atoms with E-state index in [4.69, 9.17) is 0 Å². The van der Waals surface area contributed by atoms with Gasteiger partial charge in [-0.25, -0.2) is 9.71 Å². The molecular weight excluding hydrogens is 158 g/mol. The third kappa shape index (κ3) is 0.674. The van der Waals surface area contributed by atoms with Crippen molar-refractivity contribution in [1.82, 2.24) is 9.71 Å². The average Bonchev–Trinajstić information content (AvgIpc) is 2.33. The highest BCUT2D eigenvalue weighted by Crippen LogP contribution is 2.07. The first-order chi connectivity index (χ1) is 5.72. The quantitative estimate of drug-likeness (QED) is 0.345. The van der Waals surface area contributed by atoms with Crippen LogP contribution >= 0.6 is 0 Å². The standard InChI is InChI=1S/C7H7N3O2/c1-5-9(11)6-3-2-4-8-7(6)10(5)12/h2-4,12H,1H3. The van der Waals surface area contributed by atoms with Crippen LogP contribution in [0.2, 0.25) is 0 Å². The third-order valence-electron chi connectivity index (χ3n) is 1.79. The molecule has 0 aromatic carbocycles. The number of pyridine rings is 1. The van der Waals surface area contributed by atoms with Crippen molar-refractivity contribution in [3.05, 3.63) is 29.4 Å². The van der Waals surface area contributed by atoms with Gasteiger partial charge >= 0.3 is 5.65 Å². The summed E-state index contributed by atoms with van der Waals surface area (Å²) in [6.45, 7) is 1.52. The van der Waals surface area contributed by atoms with Crippen molar-refractivity contribution in [2.45, 2.75) is 6.92 Å². The molecule has 0 bridgehead atoms. The molecule has 0 unspecified atom stereocenters. The van der Waals surface area contributed by atoms with Crippen LogP contribution in [0.15, 0.2) is 18.3 Å². The molecular formula is C7H7N3O2. The number of hydrogen-bond acceptors (Lipinski definition) is 3. The van der Waals surface area contributed by atoms with E-state index in [2.05, 4.69) is 4.98 Å². The lowest BCUT2D eigenvalue weighted by atomic mass is 10.4. The van der Waals surface area contributed by atoms with Crippen LogP contribution in [0.3, 0.4) is 0 Å². The Hall–Kier alpha value is -1.78. The maximum atomic E-state index is 11.2. The van der Waals surface area contributed by atoms with Crippen molar-refractivity contribution in [3.63, 3.8) is 0 Å². The zero-order valence-corrected chi connectivity index (χ0v) is 6.43. The van der Waals surface area contributed by atoms with Gasteiger partial charge in [-0.3, -0.25) is 0 Å². The highest BCUT2D eigenvalue weighted by atomic mass is 16.5. The van der Waals surface area contributed by atoms with E-state index in [-0.39, 0.29) is 11.5 Å². The highest BCUT2D eigenvalue weighted by Gasteiger charge is 2.17. The van der Waals surface area contributed by atoms with Crippen molar-refractivity contribution in [2.24, 2.45) is 0 Å². The average molecular weight is 165 g/mol. The van der Waals surface area contributed by atoms with Gasteiger partial charge in [-0.2, -0.15) is 0 Å². The largest absolute Gasteiger partial charge is 0.710 e. The fourth-order valence-corrected chi connectivity index (χ4v) is 1.12. The van der Waals surface area contributed by atoms with Crippen LogP contribution in [0.5, 0.6) is 0 Å². The van der Waals surface area contributed by atoms with Gasteiger partial charge in [0.05, 0.1) is 0 Å². The van der Waals surface area contributed by atoms with Crippen LogP contribution in [0, 0.1) is 12.1 Å². The van der Waals surface area contributed by atoms with E-state index in [1.807, 2.05) is 0 Å². The SMILES string of the molecule is Cc1n(O)c2ncccc2[n+]1[O-]. The summed E-state index contributed by atoms with van der Waals surface area (Å²) in [4.78, 5) is 3.85. The molecule has 0 saturated heterocycles. The summed E-state index contributed by atoms with van der Waals surface area (Å²) >= 11 is 0. The molecule has 0 atom stereocenters.